The summed E-state index contributed by atoms with van der Waals surface area (Å²) in [6, 6.07) is -3.48. The number of aliphatic hydroxyl groups excluding tert-OH is 1. The first kappa shape index (κ1) is 43.4. The molecule has 19 heteroatoms. The Bertz CT molecular complexity index is 1190. The second kappa shape index (κ2) is 22.8. The molecule has 0 aromatic rings. The summed E-state index contributed by atoms with van der Waals surface area (Å²) < 4.78 is 0. The molecular formula is C29H52N10O9. The van der Waals surface area contributed by atoms with Crippen molar-refractivity contribution < 1.29 is 43.8 Å². The lowest BCUT2D eigenvalue weighted by Crippen LogP contribution is -2.48. The fraction of sp³-hybridized carbons (Fsp3) is 0.690. The molecule has 0 spiro atoms. The number of Topliss-reactive ketones (excluding diaryl/α,β-unsaturated/α-hetero) is 3. The van der Waals surface area contributed by atoms with Crippen molar-refractivity contribution >= 4 is 53.0 Å². The molecule has 0 aliphatic heterocycles. The summed E-state index contributed by atoms with van der Waals surface area (Å²) in [4.78, 5) is 95.2. The van der Waals surface area contributed by atoms with E-state index in [1.165, 1.54) is 13.8 Å². The summed E-state index contributed by atoms with van der Waals surface area (Å²) in [5.41, 5.74) is 32.6. The molecule has 0 aliphatic rings. The molecule has 272 valence electrons. The van der Waals surface area contributed by atoms with Crippen molar-refractivity contribution in [2.75, 3.05) is 19.7 Å². The average Bonchev–Trinajstić information content (AvgIpc) is 3.00. The van der Waals surface area contributed by atoms with E-state index in [9.17, 15) is 38.7 Å². The molecule has 0 aromatic heterocycles. The van der Waals surface area contributed by atoms with E-state index in [4.69, 9.17) is 39.5 Å². The van der Waals surface area contributed by atoms with Gasteiger partial charge in [0.2, 0.25) is 17.7 Å². The molecule has 0 radical (unpaired) electrons. The number of nitrogens with two attached hydrogens (primary N) is 6. The number of carbonyl (C=O) groups is 7. The van der Waals surface area contributed by atoms with Crippen molar-refractivity contribution in [3.63, 3.8) is 0 Å². The monoisotopic (exact) mass is 684 g/mol. The molecule has 0 aliphatic carbocycles. The van der Waals surface area contributed by atoms with Gasteiger partial charge in [-0.2, -0.15) is 0 Å². The molecule has 19 nitrogen and oxygen atoms in total. The number of aliphatic carboxylic acids is 1. The number of hydrogen-bond donors (Lipinski definition) is 10. The molecule has 3 amide bonds. The van der Waals surface area contributed by atoms with Crippen molar-refractivity contribution in [3.8, 4) is 0 Å². The number of primary amides is 1. The first-order valence-corrected chi connectivity index (χ1v) is 15.6. The third kappa shape index (κ3) is 18.5. The summed E-state index contributed by atoms with van der Waals surface area (Å²) in [6.45, 7) is 2.28. The third-order valence-electron chi connectivity index (χ3n) is 7.36. The summed E-state index contributed by atoms with van der Waals surface area (Å²) in [7, 11) is 0. The number of carbonyl (C=O) groups excluding carboxylic acids is 6. The average molecular weight is 685 g/mol. The van der Waals surface area contributed by atoms with Gasteiger partial charge in [-0.05, 0) is 32.1 Å². The van der Waals surface area contributed by atoms with Crippen molar-refractivity contribution in [3.05, 3.63) is 0 Å². The van der Waals surface area contributed by atoms with Gasteiger partial charge in [0.05, 0.1) is 24.6 Å². The highest BCUT2D eigenvalue weighted by atomic mass is 16.4. The largest absolute Gasteiger partial charge is 0.481 e. The summed E-state index contributed by atoms with van der Waals surface area (Å²) >= 11 is 0. The number of guanidine groups is 2. The van der Waals surface area contributed by atoms with Gasteiger partial charge in [-0.3, -0.25) is 43.5 Å². The number of carboxylic acid groups (broad SMARTS) is 1. The van der Waals surface area contributed by atoms with Crippen LogP contribution in [0.25, 0.3) is 0 Å². The zero-order chi connectivity index (χ0) is 37.0. The van der Waals surface area contributed by atoms with Crippen LogP contribution in [0.3, 0.4) is 0 Å². The van der Waals surface area contributed by atoms with Gasteiger partial charge in [0.1, 0.15) is 11.8 Å². The molecule has 0 unspecified atom stereocenters. The van der Waals surface area contributed by atoms with Gasteiger partial charge in [0.25, 0.3) is 0 Å². The summed E-state index contributed by atoms with van der Waals surface area (Å²) in [5.74, 6) is -8.56. The maximum absolute atomic E-state index is 13.4. The van der Waals surface area contributed by atoms with Crippen LogP contribution in [-0.4, -0.2) is 101 Å². The fourth-order valence-electron chi connectivity index (χ4n) is 4.43. The number of hydrogen-bond acceptors (Lipinski definition) is 11. The quantitative estimate of drug-likeness (QED) is 0.0240. The van der Waals surface area contributed by atoms with Gasteiger partial charge < -0.3 is 55.2 Å². The third-order valence-corrected chi connectivity index (χ3v) is 7.36. The zero-order valence-electron chi connectivity index (χ0n) is 27.6. The van der Waals surface area contributed by atoms with Crippen LogP contribution in [-0.2, 0) is 33.6 Å². The minimum absolute atomic E-state index is 0.0430. The normalized spacial score (nSPS) is 14.6. The lowest BCUT2D eigenvalue weighted by Gasteiger charge is -2.24. The number of carboxylic acids is 1. The van der Waals surface area contributed by atoms with Crippen LogP contribution in [0.1, 0.15) is 71.6 Å². The second-order valence-electron chi connectivity index (χ2n) is 11.7. The minimum Gasteiger partial charge on any atom is -0.481 e. The molecule has 16 N–H and O–H groups in total. The zero-order valence-corrected chi connectivity index (χ0v) is 27.6. The van der Waals surface area contributed by atoms with Crippen LogP contribution in [0.2, 0.25) is 0 Å². The number of nitrogens with one attached hydrogen (secondary N) is 2. The lowest BCUT2D eigenvalue weighted by atomic mass is 9.90. The number of rotatable bonds is 26. The molecule has 0 bridgehead atoms. The number of ketones is 3. The standard InChI is InChI=1S/C29H52N10O9/c1-15(25(45)39-20(14-40)23(43)12-16(2)27(47)48)11-22(42)19(6-4-10-37-29(34)35)38-26(46)17(7-8-24(31)44)13-21(41)18(30)5-3-9-36-28(32)33/h15-20,40H,3-14,30H2,1-2H3,(H2,31,44)(H,38,46)(H,39,45)(H,47,48)(H4,32,33,36)(H4,34,35,37)/t15-,16-,17-,18+,19+,20+/m1/s1. The Labute approximate surface area is 279 Å². The Balaban J connectivity index is 5.76. The van der Waals surface area contributed by atoms with Gasteiger partial charge >= 0.3 is 5.97 Å². The number of aliphatic imine (C=N–C) groups is 2. The highest BCUT2D eigenvalue weighted by Crippen LogP contribution is 2.17. The lowest BCUT2D eigenvalue weighted by molar-refractivity contribution is -0.143. The Morgan fingerprint density at radius 3 is 1.67 bits per heavy atom. The van der Waals surface area contributed by atoms with Gasteiger partial charge in [-0.25, -0.2) is 0 Å². The predicted octanol–water partition coefficient (Wildman–Crippen LogP) is -3.50. The van der Waals surface area contributed by atoms with E-state index in [0.717, 1.165) is 0 Å². The van der Waals surface area contributed by atoms with E-state index in [2.05, 4.69) is 20.6 Å². The van der Waals surface area contributed by atoms with Crippen molar-refractivity contribution in [2.45, 2.75) is 89.8 Å². The van der Waals surface area contributed by atoms with E-state index in [-0.39, 0.29) is 63.5 Å². The van der Waals surface area contributed by atoms with Gasteiger partial charge in [0, 0.05) is 50.6 Å². The van der Waals surface area contributed by atoms with E-state index in [1.54, 1.807) is 0 Å². The van der Waals surface area contributed by atoms with Crippen LogP contribution >= 0.6 is 0 Å². The second-order valence-corrected chi connectivity index (χ2v) is 11.7. The van der Waals surface area contributed by atoms with E-state index in [1.807, 2.05) is 0 Å². The first-order chi connectivity index (χ1) is 22.4. The van der Waals surface area contributed by atoms with E-state index in [0.29, 0.717) is 6.42 Å². The maximum Gasteiger partial charge on any atom is 0.306 e. The van der Waals surface area contributed by atoms with Crippen molar-refractivity contribution in [1.82, 2.24) is 10.6 Å². The highest BCUT2D eigenvalue weighted by molar-refractivity contribution is 5.96. The molecule has 48 heavy (non-hydrogen) atoms. The smallest absolute Gasteiger partial charge is 0.306 e. The predicted molar refractivity (Wildman–Crippen MR) is 175 cm³/mol. The number of nitrogens with zero attached hydrogens (tertiary/aromatic N) is 2. The Hall–Kier alpha value is -4.65. The van der Waals surface area contributed by atoms with Crippen molar-refractivity contribution in [1.29, 1.82) is 0 Å². The van der Waals surface area contributed by atoms with Crippen LogP contribution in [0.5, 0.6) is 0 Å². The number of aliphatic hydroxyl groups is 1. The molecule has 0 rings (SSSR count). The van der Waals surface area contributed by atoms with Crippen LogP contribution in [0.4, 0.5) is 0 Å². The van der Waals surface area contributed by atoms with Gasteiger partial charge in [-0.1, -0.05) is 13.8 Å². The Kier molecular flexibility index (Phi) is 20.6. The van der Waals surface area contributed by atoms with Crippen LogP contribution in [0.15, 0.2) is 9.98 Å². The molecule has 0 aromatic carbocycles. The molecular weight excluding hydrogens is 632 g/mol. The Morgan fingerprint density at radius 2 is 1.17 bits per heavy atom. The molecule has 0 heterocycles. The van der Waals surface area contributed by atoms with Crippen molar-refractivity contribution in [2.24, 2.45) is 62.1 Å². The Morgan fingerprint density at radius 1 is 0.667 bits per heavy atom. The molecule has 6 atom stereocenters. The van der Waals surface area contributed by atoms with E-state index >= 15 is 0 Å². The molecule has 0 saturated heterocycles. The fourth-order valence-corrected chi connectivity index (χ4v) is 4.43. The minimum atomic E-state index is -1.38. The topological polar surface area (TPSA) is 365 Å². The van der Waals surface area contributed by atoms with E-state index < -0.39 is 96.4 Å². The summed E-state index contributed by atoms with van der Waals surface area (Å²) in [5, 5.41) is 23.6. The van der Waals surface area contributed by atoms with Crippen LogP contribution < -0.4 is 45.0 Å². The highest BCUT2D eigenvalue weighted by Gasteiger charge is 2.31. The maximum atomic E-state index is 13.4. The summed E-state index contributed by atoms with van der Waals surface area (Å²) in [6.07, 6.45) is -0.580. The van der Waals surface area contributed by atoms with Gasteiger partial charge in [0.15, 0.2) is 23.5 Å². The molecule has 0 saturated carbocycles. The number of amides is 3. The SMILES string of the molecule is C[C@H](CC(=O)[C@H](CO)NC(=O)[C@H](C)CC(=O)[C@H](CCCN=C(N)N)NC(=O)[C@H](CCC(N)=O)CC(=O)[C@@H](N)CCCN=C(N)N)C(=O)O. The van der Waals surface area contributed by atoms with Crippen LogP contribution in [0, 0.1) is 17.8 Å². The first-order valence-electron chi connectivity index (χ1n) is 15.6. The molecule has 0 fully saturated rings. The van der Waals surface area contributed by atoms with Gasteiger partial charge in [-0.15, -0.1) is 0 Å².